The Morgan fingerprint density at radius 1 is 1.43 bits per heavy atom. The minimum Gasteiger partial charge on any atom is -0.481 e. The number of carboxylic acids is 1. The number of carbonyl (C=O) groups is 1. The molecule has 0 aliphatic carbocycles. The van der Waals surface area contributed by atoms with Crippen LogP contribution in [0.3, 0.4) is 0 Å². The van der Waals surface area contributed by atoms with Gasteiger partial charge < -0.3 is 5.11 Å². The van der Waals surface area contributed by atoms with Crippen LogP contribution in [-0.2, 0) is 11.2 Å². The Hall–Kier alpha value is -1.41. The Morgan fingerprint density at radius 2 is 2.10 bits per heavy atom. The lowest BCUT2D eigenvalue weighted by Crippen LogP contribution is -2.27. The number of rotatable bonds is 3. The van der Waals surface area contributed by atoms with Gasteiger partial charge in [0.15, 0.2) is 0 Å². The quantitative estimate of drug-likeness (QED) is 0.778. The van der Waals surface area contributed by atoms with Gasteiger partial charge in [0.05, 0.1) is 17.1 Å². The topological polar surface area (TPSA) is 72.2 Å². The third-order valence-electron chi connectivity index (χ3n) is 3.14. The number of hydrogen-bond donors (Lipinski definition) is 1. The number of halogens is 2. The molecule has 0 aliphatic rings. The first-order chi connectivity index (χ1) is 9.81. The van der Waals surface area contributed by atoms with Gasteiger partial charge in [0, 0.05) is 20.5 Å². The Balaban J connectivity index is 2.74. The third-order valence-corrected chi connectivity index (χ3v) is 4.12. The fraction of sp³-hybridized carbons (Fsp3) is 0.214. The van der Waals surface area contributed by atoms with Crippen molar-refractivity contribution in [2.45, 2.75) is 20.3 Å². The molecule has 0 saturated heterocycles. The van der Waals surface area contributed by atoms with Gasteiger partial charge in [0.2, 0.25) is 0 Å². The van der Waals surface area contributed by atoms with Crippen molar-refractivity contribution in [3.05, 3.63) is 54.2 Å². The molecule has 0 bridgehead atoms. The van der Waals surface area contributed by atoms with Gasteiger partial charge in [0.1, 0.15) is 0 Å². The zero-order valence-corrected chi connectivity index (χ0v) is 14.3. The van der Waals surface area contributed by atoms with Crippen LogP contribution >= 0.6 is 34.2 Å². The van der Waals surface area contributed by atoms with Crippen molar-refractivity contribution in [1.82, 2.24) is 9.55 Å². The van der Waals surface area contributed by atoms with E-state index in [4.69, 9.17) is 16.7 Å². The van der Waals surface area contributed by atoms with Crippen LogP contribution in [0.4, 0.5) is 0 Å². The molecule has 1 aromatic heterocycles. The third kappa shape index (κ3) is 3.26. The number of aromatic nitrogens is 2. The number of benzene rings is 1. The first kappa shape index (κ1) is 16.0. The Kier molecular flexibility index (Phi) is 4.67. The lowest BCUT2D eigenvalue weighted by Gasteiger charge is -2.15. The van der Waals surface area contributed by atoms with E-state index >= 15 is 0 Å². The maximum atomic E-state index is 12.2. The minimum atomic E-state index is -0.970. The Bertz CT molecular complexity index is 787. The van der Waals surface area contributed by atoms with Gasteiger partial charge in [-0.25, -0.2) is 4.79 Å². The summed E-state index contributed by atoms with van der Waals surface area (Å²) in [4.78, 5) is 27.1. The molecule has 2 aromatic rings. The summed E-state index contributed by atoms with van der Waals surface area (Å²) < 4.78 is 2.29. The van der Waals surface area contributed by atoms with Gasteiger partial charge in [-0.2, -0.15) is 4.98 Å². The maximum Gasteiger partial charge on any atom is 0.352 e. The zero-order chi connectivity index (χ0) is 15.7. The van der Waals surface area contributed by atoms with Crippen molar-refractivity contribution >= 4 is 40.2 Å². The number of nitrogens with zero attached hydrogens (tertiary/aromatic N) is 2. The fourth-order valence-corrected chi connectivity index (χ4v) is 3.09. The SMILES string of the molecule is Cc1nc(=O)n(-c2ccc(I)cc2Cl)c(C)c1CC(=O)O. The second kappa shape index (κ2) is 6.15. The van der Waals surface area contributed by atoms with Gasteiger partial charge in [-0.3, -0.25) is 9.36 Å². The molecule has 21 heavy (non-hydrogen) atoms. The predicted octanol–water partition coefficient (Wildman–Crippen LogP) is 2.73. The lowest BCUT2D eigenvalue weighted by atomic mass is 10.1. The van der Waals surface area contributed by atoms with E-state index in [1.165, 1.54) is 4.57 Å². The molecule has 0 unspecified atom stereocenters. The molecule has 0 atom stereocenters. The van der Waals surface area contributed by atoms with E-state index in [0.29, 0.717) is 27.7 Å². The average Bonchev–Trinajstić information content (AvgIpc) is 2.36. The van der Waals surface area contributed by atoms with Crippen LogP contribution in [0, 0.1) is 17.4 Å². The van der Waals surface area contributed by atoms with Crippen LogP contribution in [0.15, 0.2) is 23.0 Å². The molecule has 0 aliphatic heterocycles. The van der Waals surface area contributed by atoms with Crippen molar-refractivity contribution in [3.63, 3.8) is 0 Å². The molecular formula is C14H12ClIN2O3. The van der Waals surface area contributed by atoms with Crippen molar-refractivity contribution in [2.75, 3.05) is 0 Å². The van der Waals surface area contributed by atoms with Crippen LogP contribution in [-0.4, -0.2) is 20.6 Å². The minimum absolute atomic E-state index is 0.188. The molecule has 0 spiro atoms. The number of carboxylic acid groups (broad SMARTS) is 1. The van der Waals surface area contributed by atoms with Crippen LogP contribution in [0.25, 0.3) is 5.69 Å². The molecular weight excluding hydrogens is 407 g/mol. The van der Waals surface area contributed by atoms with Crippen LogP contribution < -0.4 is 5.69 Å². The molecule has 0 amide bonds. The fourth-order valence-electron chi connectivity index (χ4n) is 2.15. The van der Waals surface area contributed by atoms with E-state index in [9.17, 15) is 9.59 Å². The van der Waals surface area contributed by atoms with Gasteiger partial charge in [-0.05, 0) is 54.6 Å². The largest absolute Gasteiger partial charge is 0.481 e. The van der Waals surface area contributed by atoms with E-state index in [1.54, 1.807) is 26.0 Å². The monoisotopic (exact) mass is 418 g/mol. The molecule has 5 nitrogen and oxygen atoms in total. The molecule has 0 saturated carbocycles. The summed E-state index contributed by atoms with van der Waals surface area (Å²) in [6, 6.07) is 5.28. The first-order valence-electron chi connectivity index (χ1n) is 6.07. The summed E-state index contributed by atoms with van der Waals surface area (Å²) in [5.41, 5.74) is 1.52. The van der Waals surface area contributed by atoms with Crippen molar-refractivity contribution in [3.8, 4) is 5.69 Å². The van der Waals surface area contributed by atoms with E-state index in [2.05, 4.69) is 27.6 Å². The molecule has 2 rings (SSSR count). The molecule has 1 aromatic carbocycles. The molecule has 1 N–H and O–H groups in total. The highest BCUT2D eigenvalue weighted by atomic mass is 127. The summed E-state index contributed by atoms with van der Waals surface area (Å²) in [6.45, 7) is 3.33. The van der Waals surface area contributed by atoms with E-state index in [-0.39, 0.29) is 6.42 Å². The second-order valence-electron chi connectivity index (χ2n) is 4.55. The van der Waals surface area contributed by atoms with E-state index in [0.717, 1.165) is 3.57 Å². The second-order valence-corrected chi connectivity index (χ2v) is 6.20. The molecule has 1 heterocycles. The van der Waals surface area contributed by atoms with Crippen molar-refractivity contribution in [1.29, 1.82) is 0 Å². The maximum absolute atomic E-state index is 12.2. The van der Waals surface area contributed by atoms with Gasteiger partial charge in [0.25, 0.3) is 0 Å². The van der Waals surface area contributed by atoms with E-state index in [1.807, 2.05) is 6.07 Å². The normalized spacial score (nSPS) is 10.7. The summed E-state index contributed by atoms with van der Waals surface area (Å²) in [5, 5.41) is 9.41. The average molecular weight is 419 g/mol. The Morgan fingerprint density at radius 3 is 2.67 bits per heavy atom. The van der Waals surface area contributed by atoms with Crippen LogP contribution in [0.5, 0.6) is 0 Å². The zero-order valence-electron chi connectivity index (χ0n) is 11.4. The highest BCUT2D eigenvalue weighted by molar-refractivity contribution is 14.1. The summed E-state index contributed by atoms with van der Waals surface area (Å²) in [7, 11) is 0. The number of aliphatic carboxylic acids is 1. The van der Waals surface area contributed by atoms with Crippen molar-refractivity contribution < 1.29 is 9.90 Å². The molecule has 7 heteroatoms. The summed E-state index contributed by atoms with van der Waals surface area (Å²) in [6.07, 6.45) is -0.188. The predicted molar refractivity (Wildman–Crippen MR) is 88.4 cm³/mol. The van der Waals surface area contributed by atoms with Crippen molar-refractivity contribution in [2.24, 2.45) is 0 Å². The summed E-state index contributed by atoms with van der Waals surface area (Å²) in [5.74, 6) is -0.970. The van der Waals surface area contributed by atoms with Gasteiger partial charge in [-0.1, -0.05) is 11.6 Å². The van der Waals surface area contributed by atoms with Gasteiger partial charge in [-0.15, -0.1) is 0 Å². The molecule has 110 valence electrons. The lowest BCUT2D eigenvalue weighted by molar-refractivity contribution is -0.136. The van der Waals surface area contributed by atoms with Crippen LogP contribution in [0.2, 0.25) is 5.02 Å². The highest BCUT2D eigenvalue weighted by Gasteiger charge is 2.16. The molecule has 0 radical (unpaired) electrons. The molecule has 0 fully saturated rings. The first-order valence-corrected chi connectivity index (χ1v) is 7.53. The summed E-state index contributed by atoms with van der Waals surface area (Å²) >= 11 is 8.32. The van der Waals surface area contributed by atoms with Crippen LogP contribution in [0.1, 0.15) is 17.0 Å². The number of hydrogen-bond acceptors (Lipinski definition) is 3. The highest BCUT2D eigenvalue weighted by Crippen LogP contribution is 2.24. The Labute approximate surface area is 139 Å². The van der Waals surface area contributed by atoms with Gasteiger partial charge >= 0.3 is 11.7 Å². The van der Waals surface area contributed by atoms with E-state index < -0.39 is 11.7 Å². The standard InChI is InChI=1S/C14H12ClIN2O3/c1-7-10(6-13(19)20)8(2)18(14(21)17-7)12-4-3-9(16)5-11(12)15/h3-5H,6H2,1-2H3,(H,19,20). The number of aryl methyl sites for hydroxylation is 1. The smallest absolute Gasteiger partial charge is 0.352 e.